The molecule has 3 heterocycles. The van der Waals surface area contributed by atoms with Crippen molar-refractivity contribution in [2.45, 2.75) is 44.6 Å². The number of fused-ring (bicyclic) bond motifs is 1. The third-order valence-corrected chi connectivity index (χ3v) is 6.45. The summed E-state index contributed by atoms with van der Waals surface area (Å²) in [5, 5.41) is 1.91. The van der Waals surface area contributed by atoms with Crippen molar-refractivity contribution in [2.24, 2.45) is 0 Å². The first-order chi connectivity index (χ1) is 12.7. The number of nitrogens with zero attached hydrogens (tertiary/aromatic N) is 2. The van der Waals surface area contributed by atoms with E-state index in [-0.39, 0.29) is 17.9 Å². The summed E-state index contributed by atoms with van der Waals surface area (Å²) in [4.78, 5) is 30.8. The number of carbonyl (C=O) groups is 2. The maximum atomic E-state index is 13.4. The van der Waals surface area contributed by atoms with Gasteiger partial charge in [0.05, 0.1) is 4.88 Å². The van der Waals surface area contributed by atoms with Crippen LogP contribution in [0.15, 0.2) is 41.8 Å². The van der Waals surface area contributed by atoms with Gasteiger partial charge in [0.1, 0.15) is 6.04 Å². The average Bonchev–Trinajstić information content (AvgIpc) is 3.22. The highest BCUT2D eigenvalue weighted by Gasteiger charge is 2.37. The van der Waals surface area contributed by atoms with Gasteiger partial charge >= 0.3 is 0 Å². The number of piperidine rings is 1. The lowest BCUT2D eigenvalue weighted by molar-refractivity contribution is -0.124. The fraction of sp³-hybridized carbons (Fsp3) is 0.429. The number of hydrogen-bond acceptors (Lipinski definition) is 3. The number of amides is 2. The Morgan fingerprint density at radius 3 is 2.69 bits per heavy atom. The van der Waals surface area contributed by atoms with E-state index in [1.807, 2.05) is 40.6 Å². The molecule has 4 rings (SSSR count). The Hall–Kier alpha value is -2.14. The number of anilines is 1. The Balaban J connectivity index is 1.62. The first-order valence-electron chi connectivity index (χ1n) is 9.41. The molecule has 2 aliphatic heterocycles. The quantitative estimate of drug-likeness (QED) is 0.794. The number of carbonyl (C=O) groups excluding carboxylic acids is 2. The summed E-state index contributed by atoms with van der Waals surface area (Å²) in [6.07, 6.45) is 3.68. The van der Waals surface area contributed by atoms with Crippen LogP contribution in [0, 0.1) is 0 Å². The van der Waals surface area contributed by atoms with Gasteiger partial charge in [0, 0.05) is 18.8 Å². The Morgan fingerprint density at radius 1 is 1.04 bits per heavy atom. The van der Waals surface area contributed by atoms with Gasteiger partial charge in [0.15, 0.2) is 0 Å². The van der Waals surface area contributed by atoms with Crippen LogP contribution in [0.5, 0.6) is 0 Å². The van der Waals surface area contributed by atoms with Crippen molar-refractivity contribution >= 4 is 28.8 Å². The lowest BCUT2D eigenvalue weighted by atomic mass is 9.90. The average molecular weight is 369 g/mol. The Labute approximate surface area is 158 Å². The second-order valence-corrected chi connectivity index (χ2v) is 8.17. The van der Waals surface area contributed by atoms with Crippen molar-refractivity contribution in [1.29, 1.82) is 0 Å². The van der Waals surface area contributed by atoms with E-state index in [1.54, 1.807) is 4.90 Å². The van der Waals surface area contributed by atoms with Gasteiger partial charge < -0.3 is 9.80 Å². The first-order valence-corrected chi connectivity index (χ1v) is 10.3. The molecule has 1 saturated heterocycles. The standard InChI is InChI=1S/C21H24N2O2S/c1-15-11-13-23(17-8-3-2-7-16(15)17)20(24)18-9-4-5-12-22(18)21(25)19-10-6-14-26-19/h2-3,6-8,10,14-15,18H,4-5,9,11-13H2,1H3. The summed E-state index contributed by atoms with van der Waals surface area (Å²) in [5.41, 5.74) is 2.25. The Kier molecular flexibility index (Phi) is 4.81. The highest BCUT2D eigenvalue weighted by atomic mass is 32.1. The van der Waals surface area contributed by atoms with Crippen molar-refractivity contribution in [2.75, 3.05) is 18.0 Å². The SMILES string of the molecule is CC1CCN(C(=O)C2CCCCN2C(=O)c2cccs2)c2ccccc21. The molecule has 0 saturated carbocycles. The molecule has 2 aromatic rings. The van der Waals surface area contributed by atoms with Crippen LogP contribution >= 0.6 is 11.3 Å². The molecule has 0 N–H and O–H groups in total. The van der Waals surface area contributed by atoms with Gasteiger partial charge in [-0.25, -0.2) is 0 Å². The van der Waals surface area contributed by atoms with E-state index in [0.717, 1.165) is 42.8 Å². The topological polar surface area (TPSA) is 40.6 Å². The molecule has 2 unspecified atom stereocenters. The molecular weight excluding hydrogens is 344 g/mol. The van der Waals surface area contributed by atoms with Gasteiger partial charge in [-0.2, -0.15) is 0 Å². The maximum absolute atomic E-state index is 13.4. The first kappa shape index (κ1) is 17.3. The molecule has 5 heteroatoms. The molecule has 2 amide bonds. The second kappa shape index (κ2) is 7.23. The molecule has 4 nitrogen and oxygen atoms in total. The van der Waals surface area contributed by atoms with Crippen LogP contribution < -0.4 is 4.90 Å². The number of rotatable bonds is 2. The van der Waals surface area contributed by atoms with Gasteiger partial charge in [-0.15, -0.1) is 11.3 Å². The summed E-state index contributed by atoms with van der Waals surface area (Å²) in [6.45, 7) is 3.61. The fourth-order valence-corrected chi connectivity index (χ4v) is 4.81. The molecule has 1 aromatic carbocycles. The Bertz CT molecular complexity index is 802. The molecule has 1 aromatic heterocycles. The zero-order valence-corrected chi connectivity index (χ0v) is 15.9. The van der Waals surface area contributed by atoms with Crippen LogP contribution in [0.25, 0.3) is 0 Å². The van der Waals surface area contributed by atoms with E-state index in [2.05, 4.69) is 13.0 Å². The van der Waals surface area contributed by atoms with Crippen LogP contribution in [0.3, 0.4) is 0 Å². The number of para-hydroxylation sites is 1. The van der Waals surface area contributed by atoms with Crippen molar-refractivity contribution < 1.29 is 9.59 Å². The van der Waals surface area contributed by atoms with Gasteiger partial charge in [-0.05, 0) is 54.7 Å². The molecule has 1 fully saturated rings. The third-order valence-electron chi connectivity index (χ3n) is 5.59. The maximum Gasteiger partial charge on any atom is 0.264 e. The van der Waals surface area contributed by atoms with Crippen LogP contribution in [-0.2, 0) is 4.79 Å². The fourth-order valence-electron chi connectivity index (χ4n) is 4.13. The van der Waals surface area contributed by atoms with Gasteiger partial charge in [-0.1, -0.05) is 31.2 Å². The van der Waals surface area contributed by atoms with Crippen molar-refractivity contribution in [3.8, 4) is 0 Å². The minimum Gasteiger partial charge on any atom is -0.326 e. The van der Waals surface area contributed by atoms with Crippen LogP contribution in [0.1, 0.15) is 53.8 Å². The van der Waals surface area contributed by atoms with E-state index in [0.29, 0.717) is 12.5 Å². The zero-order valence-electron chi connectivity index (χ0n) is 15.1. The molecule has 0 radical (unpaired) electrons. The number of hydrogen-bond donors (Lipinski definition) is 0. The number of benzene rings is 1. The van der Waals surface area contributed by atoms with Crippen molar-refractivity contribution in [3.63, 3.8) is 0 Å². The van der Waals surface area contributed by atoms with E-state index in [4.69, 9.17) is 0 Å². The van der Waals surface area contributed by atoms with Crippen LogP contribution in [0.2, 0.25) is 0 Å². The Morgan fingerprint density at radius 2 is 1.88 bits per heavy atom. The molecule has 0 spiro atoms. The number of thiophene rings is 1. The molecule has 2 aliphatic rings. The summed E-state index contributed by atoms with van der Waals surface area (Å²) in [6, 6.07) is 11.6. The summed E-state index contributed by atoms with van der Waals surface area (Å²) in [5.74, 6) is 0.538. The monoisotopic (exact) mass is 368 g/mol. The summed E-state index contributed by atoms with van der Waals surface area (Å²) < 4.78 is 0. The highest BCUT2D eigenvalue weighted by Crippen LogP contribution is 2.36. The molecule has 136 valence electrons. The molecule has 2 atom stereocenters. The van der Waals surface area contributed by atoms with Gasteiger partial charge in [-0.3, -0.25) is 9.59 Å². The smallest absolute Gasteiger partial charge is 0.264 e. The van der Waals surface area contributed by atoms with Crippen molar-refractivity contribution in [3.05, 3.63) is 52.2 Å². The van der Waals surface area contributed by atoms with Gasteiger partial charge in [0.25, 0.3) is 5.91 Å². The number of likely N-dealkylation sites (tertiary alicyclic amines) is 1. The molecular formula is C21H24N2O2S. The van der Waals surface area contributed by atoms with Gasteiger partial charge in [0.2, 0.25) is 5.91 Å². The van der Waals surface area contributed by atoms with E-state index in [9.17, 15) is 9.59 Å². The molecule has 26 heavy (non-hydrogen) atoms. The molecule has 0 bridgehead atoms. The highest BCUT2D eigenvalue weighted by molar-refractivity contribution is 7.12. The van der Waals surface area contributed by atoms with Crippen molar-refractivity contribution in [1.82, 2.24) is 4.90 Å². The summed E-state index contributed by atoms with van der Waals surface area (Å²) in [7, 11) is 0. The van der Waals surface area contributed by atoms with Crippen LogP contribution in [-0.4, -0.2) is 35.8 Å². The summed E-state index contributed by atoms with van der Waals surface area (Å²) >= 11 is 1.45. The normalized spacial score (nSPS) is 22.8. The second-order valence-electron chi connectivity index (χ2n) is 7.23. The van der Waals surface area contributed by atoms with E-state index in [1.165, 1.54) is 16.9 Å². The lowest BCUT2D eigenvalue weighted by Crippen LogP contribution is -2.54. The molecule has 0 aliphatic carbocycles. The largest absolute Gasteiger partial charge is 0.326 e. The van der Waals surface area contributed by atoms with E-state index >= 15 is 0 Å². The lowest BCUT2D eigenvalue weighted by Gasteiger charge is -2.40. The minimum absolute atomic E-state index is 0.00304. The predicted molar refractivity (Wildman–Crippen MR) is 105 cm³/mol. The van der Waals surface area contributed by atoms with Crippen LogP contribution in [0.4, 0.5) is 5.69 Å². The van der Waals surface area contributed by atoms with E-state index < -0.39 is 0 Å². The minimum atomic E-state index is -0.347. The third kappa shape index (κ3) is 3.05. The zero-order chi connectivity index (χ0) is 18.1. The predicted octanol–water partition coefficient (Wildman–Crippen LogP) is 4.28.